The van der Waals surface area contributed by atoms with E-state index in [4.69, 9.17) is 4.74 Å². The summed E-state index contributed by atoms with van der Waals surface area (Å²) >= 11 is 0. The molecule has 0 bridgehead atoms. The Morgan fingerprint density at radius 1 is 0.906 bits per heavy atom. The average molecular weight is 440 g/mol. The van der Waals surface area contributed by atoms with Gasteiger partial charge < -0.3 is 9.64 Å². The predicted molar refractivity (Wildman–Crippen MR) is 128 cm³/mol. The zero-order valence-electron chi connectivity index (χ0n) is 19.7. The van der Waals surface area contributed by atoms with Gasteiger partial charge in [-0.25, -0.2) is 0 Å². The van der Waals surface area contributed by atoms with Crippen LogP contribution in [-0.2, 0) is 22.4 Å². The zero-order chi connectivity index (χ0) is 21.8. The van der Waals surface area contributed by atoms with Crippen LogP contribution in [0.25, 0.3) is 0 Å². The maximum atomic E-state index is 13.3. The summed E-state index contributed by atoms with van der Waals surface area (Å²) in [6.45, 7) is 7.71. The normalized spacial score (nSPS) is 25.8. The molecule has 3 fully saturated rings. The van der Waals surface area contributed by atoms with E-state index < -0.39 is 0 Å². The van der Waals surface area contributed by atoms with Crippen molar-refractivity contribution in [1.29, 1.82) is 0 Å². The zero-order valence-corrected chi connectivity index (χ0v) is 19.7. The number of rotatable bonds is 7. The lowest BCUT2D eigenvalue weighted by molar-refractivity contribution is -0.135. The molecule has 0 spiro atoms. The fourth-order valence-corrected chi connectivity index (χ4v) is 6.33. The number of hydrogen-bond donors (Lipinski definition) is 0. The molecule has 5 heteroatoms. The van der Waals surface area contributed by atoms with Crippen LogP contribution in [-0.4, -0.2) is 85.2 Å². The van der Waals surface area contributed by atoms with Gasteiger partial charge in [0.25, 0.3) is 0 Å². The first kappa shape index (κ1) is 22.4. The Morgan fingerprint density at radius 3 is 2.28 bits per heavy atom. The van der Waals surface area contributed by atoms with E-state index in [0.717, 1.165) is 45.6 Å². The monoisotopic (exact) mass is 439 g/mol. The first-order valence-corrected chi connectivity index (χ1v) is 13.2. The second kappa shape index (κ2) is 10.7. The summed E-state index contributed by atoms with van der Waals surface area (Å²) in [7, 11) is 0. The largest absolute Gasteiger partial charge is 0.376 e. The average Bonchev–Trinajstić information content (AvgIpc) is 3.49. The molecule has 3 heterocycles. The summed E-state index contributed by atoms with van der Waals surface area (Å²) in [5.41, 5.74) is 3.09. The number of benzene rings is 1. The maximum absolute atomic E-state index is 13.3. The molecule has 5 nitrogen and oxygen atoms in total. The summed E-state index contributed by atoms with van der Waals surface area (Å²) in [5, 5.41) is 0. The number of piperidine rings is 2. The highest BCUT2D eigenvalue weighted by atomic mass is 16.5. The number of carbonyl (C=O) groups is 1. The number of hydrogen-bond acceptors (Lipinski definition) is 4. The smallest absolute Gasteiger partial charge is 0.236 e. The first-order valence-electron chi connectivity index (χ1n) is 13.2. The lowest BCUT2D eigenvalue weighted by atomic mass is 9.94. The van der Waals surface area contributed by atoms with Crippen LogP contribution in [0.3, 0.4) is 0 Å². The minimum Gasteiger partial charge on any atom is -0.376 e. The number of carbonyl (C=O) groups excluding carboxylic acids is 1. The molecule has 32 heavy (non-hydrogen) atoms. The first-order chi connectivity index (χ1) is 15.7. The van der Waals surface area contributed by atoms with E-state index in [0.29, 0.717) is 24.4 Å². The van der Waals surface area contributed by atoms with Gasteiger partial charge in [-0.2, -0.15) is 0 Å². The molecule has 176 valence electrons. The van der Waals surface area contributed by atoms with E-state index in [1.807, 2.05) is 0 Å². The maximum Gasteiger partial charge on any atom is 0.236 e. The topological polar surface area (TPSA) is 36.0 Å². The van der Waals surface area contributed by atoms with Crippen LogP contribution in [0, 0.1) is 5.92 Å². The molecule has 0 saturated carbocycles. The van der Waals surface area contributed by atoms with Crippen molar-refractivity contribution in [2.45, 2.75) is 69.9 Å². The van der Waals surface area contributed by atoms with Gasteiger partial charge in [0.15, 0.2) is 0 Å². The molecule has 1 atom stereocenters. The minimum absolute atomic E-state index is 0.248. The molecule has 1 unspecified atom stereocenters. The standard InChI is InChI=1S/C27H41N3O2/c31-27(21-28-12-4-1-5-13-28)30(20-26-9-6-16-32-26)19-22-10-14-29(15-11-22)25-17-23-7-2-3-8-24(23)18-25/h2-3,7-8,22,25-26H,1,4-6,9-21H2. The van der Waals surface area contributed by atoms with Crippen molar-refractivity contribution in [3.63, 3.8) is 0 Å². The lowest BCUT2D eigenvalue weighted by Crippen LogP contribution is -2.48. The molecule has 1 aliphatic carbocycles. The number of nitrogens with zero attached hydrogens (tertiary/aromatic N) is 3. The molecule has 4 aliphatic rings. The fraction of sp³-hybridized carbons (Fsp3) is 0.741. The highest BCUT2D eigenvalue weighted by molar-refractivity contribution is 5.78. The summed E-state index contributed by atoms with van der Waals surface area (Å²) in [6, 6.07) is 9.64. The molecule has 1 aromatic carbocycles. The van der Waals surface area contributed by atoms with Crippen LogP contribution in [0.2, 0.25) is 0 Å². The molecule has 0 N–H and O–H groups in total. The van der Waals surface area contributed by atoms with E-state index in [-0.39, 0.29) is 6.10 Å². The quantitative estimate of drug-likeness (QED) is 0.653. The van der Waals surface area contributed by atoms with Crippen molar-refractivity contribution < 1.29 is 9.53 Å². The summed E-state index contributed by atoms with van der Waals surface area (Å²) in [5.74, 6) is 0.956. The van der Waals surface area contributed by atoms with E-state index in [1.165, 1.54) is 58.0 Å². The highest BCUT2D eigenvalue weighted by Gasteiger charge is 2.32. The van der Waals surface area contributed by atoms with Crippen LogP contribution < -0.4 is 0 Å². The van der Waals surface area contributed by atoms with E-state index >= 15 is 0 Å². The van der Waals surface area contributed by atoms with Gasteiger partial charge in [-0.15, -0.1) is 0 Å². The van der Waals surface area contributed by atoms with Crippen LogP contribution in [0.15, 0.2) is 24.3 Å². The second-order valence-corrected chi connectivity index (χ2v) is 10.6. The Labute approximate surface area is 194 Å². The van der Waals surface area contributed by atoms with Gasteiger partial charge in [-0.3, -0.25) is 14.6 Å². The molecule has 5 rings (SSSR count). The molecule has 1 amide bonds. The third-order valence-electron chi connectivity index (χ3n) is 8.28. The summed E-state index contributed by atoms with van der Waals surface area (Å²) in [4.78, 5) is 20.6. The van der Waals surface area contributed by atoms with Gasteiger partial charge in [0.2, 0.25) is 5.91 Å². The number of ether oxygens (including phenoxy) is 1. The second-order valence-electron chi connectivity index (χ2n) is 10.6. The van der Waals surface area contributed by atoms with Crippen molar-refractivity contribution >= 4 is 5.91 Å². The van der Waals surface area contributed by atoms with Gasteiger partial charge in [-0.05, 0) is 94.6 Å². The van der Waals surface area contributed by atoms with Crippen LogP contribution >= 0.6 is 0 Å². The van der Waals surface area contributed by atoms with Crippen LogP contribution in [0.5, 0.6) is 0 Å². The molecule has 3 aliphatic heterocycles. The molecular weight excluding hydrogens is 398 g/mol. The van der Waals surface area contributed by atoms with Crippen molar-refractivity contribution in [2.75, 3.05) is 52.4 Å². The van der Waals surface area contributed by atoms with E-state index in [1.54, 1.807) is 11.1 Å². The van der Waals surface area contributed by atoms with Crippen LogP contribution in [0.4, 0.5) is 0 Å². The van der Waals surface area contributed by atoms with Crippen molar-refractivity contribution in [3.05, 3.63) is 35.4 Å². The molecule has 3 saturated heterocycles. The molecular formula is C27H41N3O2. The number of fused-ring (bicyclic) bond motifs is 1. The molecule has 0 radical (unpaired) electrons. The minimum atomic E-state index is 0.248. The van der Waals surface area contributed by atoms with E-state index in [9.17, 15) is 4.79 Å². The van der Waals surface area contributed by atoms with Gasteiger partial charge in [-0.1, -0.05) is 30.7 Å². The highest BCUT2D eigenvalue weighted by Crippen LogP contribution is 2.29. The van der Waals surface area contributed by atoms with Gasteiger partial charge in [0.05, 0.1) is 12.6 Å². The van der Waals surface area contributed by atoms with E-state index in [2.05, 4.69) is 39.0 Å². The molecule has 1 aromatic rings. The van der Waals surface area contributed by atoms with Gasteiger partial charge in [0, 0.05) is 25.7 Å². The van der Waals surface area contributed by atoms with Crippen LogP contribution in [0.1, 0.15) is 56.1 Å². The van der Waals surface area contributed by atoms with Crippen molar-refractivity contribution in [3.8, 4) is 0 Å². The summed E-state index contributed by atoms with van der Waals surface area (Å²) in [6.07, 6.45) is 11.1. The predicted octanol–water partition coefficient (Wildman–Crippen LogP) is 3.36. The molecule has 0 aromatic heterocycles. The summed E-state index contributed by atoms with van der Waals surface area (Å²) < 4.78 is 5.91. The number of amides is 1. The van der Waals surface area contributed by atoms with Crippen molar-refractivity contribution in [2.24, 2.45) is 5.92 Å². The fourth-order valence-electron chi connectivity index (χ4n) is 6.33. The Balaban J connectivity index is 1.13. The SMILES string of the molecule is O=C(CN1CCCCC1)N(CC1CCN(C2Cc3ccccc3C2)CC1)CC1CCCO1. The van der Waals surface area contributed by atoms with Crippen molar-refractivity contribution in [1.82, 2.24) is 14.7 Å². The number of likely N-dealkylation sites (tertiary alicyclic amines) is 2. The van der Waals surface area contributed by atoms with Gasteiger partial charge in [0.1, 0.15) is 0 Å². The Kier molecular flexibility index (Phi) is 7.46. The Morgan fingerprint density at radius 2 is 1.62 bits per heavy atom. The van der Waals surface area contributed by atoms with Gasteiger partial charge >= 0.3 is 0 Å². The third-order valence-corrected chi connectivity index (χ3v) is 8.28. The third kappa shape index (κ3) is 5.55. The lowest BCUT2D eigenvalue weighted by Gasteiger charge is -2.38. The Hall–Kier alpha value is -1.43. The Bertz CT molecular complexity index is 724.